The van der Waals surface area contributed by atoms with Crippen molar-refractivity contribution in [3.8, 4) is 5.75 Å². The second-order valence-corrected chi connectivity index (χ2v) is 7.55. The number of ether oxygens (including phenoxy) is 1. The van der Waals surface area contributed by atoms with Gasteiger partial charge in [-0.05, 0) is 26.0 Å². The minimum Gasteiger partial charge on any atom is -0.481 e. The molecule has 9 heteroatoms. The maximum atomic E-state index is 11.4. The lowest BCUT2D eigenvalue weighted by atomic mass is 10.3. The highest BCUT2D eigenvalue weighted by molar-refractivity contribution is 8.13. The molecule has 0 saturated heterocycles. The molecule has 0 fully saturated rings. The number of carbonyl (C=O) groups is 1. The zero-order valence-electron chi connectivity index (χ0n) is 10.6. The third-order valence-corrected chi connectivity index (χ3v) is 3.95. The highest BCUT2D eigenvalue weighted by atomic mass is 35.7. The van der Waals surface area contributed by atoms with Crippen molar-refractivity contribution in [3.05, 3.63) is 22.2 Å². The first kappa shape index (κ1) is 17.4. The van der Waals surface area contributed by atoms with E-state index in [0.29, 0.717) is 0 Å². The molecule has 1 amide bonds. The summed E-state index contributed by atoms with van der Waals surface area (Å²) in [4.78, 5) is 11.2. The fraction of sp³-hybridized carbons (Fsp3) is 0.364. The van der Waals surface area contributed by atoms with E-state index in [9.17, 15) is 13.2 Å². The standard InChI is InChI=1S/C11H12Cl3NO4S/c1-6(2)15-10(16)5-19-11-8(12)3-7(4-9(11)13)20(14,17)18/h3-4,6H,5H2,1-2H3,(H,15,16). The van der Waals surface area contributed by atoms with E-state index in [4.69, 9.17) is 38.6 Å². The van der Waals surface area contributed by atoms with Gasteiger partial charge >= 0.3 is 0 Å². The molecule has 1 aromatic carbocycles. The smallest absolute Gasteiger partial charge is 0.261 e. The Kier molecular flexibility index (Phi) is 5.94. The van der Waals surface area contributed by atoms with Crippen LogP contribution in [0.4, 0.5) is 0 Å². The van der Waals surface area contributed by atoms with Gasteiger partial charge in [-0.2, -0.15) is 0 Å². The second-order valence-electron chi connectivity index (χ2n) is 4.16. The van der Waals surface area contributed by atoms with Crippen molar-refractivity contribution in [2.75, 3.05) is 6.61 Å². The molecule has 0 unspecified atom stereocenters. The largest absolute Gasteiger partial charge is 0.481 e. The van der Waals surface area contributed by atoms with Gasteiger partial charge in [0.05, 0.1) is 14.9 Å². The summed E-state index contributed by atoms with van der Waals surface area (Å²) >= 11 is 11.7. The Balaban J connectivity index is 2.90. The van der Waals surface area contributed by atoms with Crippen LogP contribution in [-0.2, 0) is 13.8 Å². The Morgan fingerprint density at radius 3 is 2.20 bits per heavy atom. The van der Waals surface area contributed by atoms with Gasteiger partial charge in [-0.1, -0.05) is 23.2 Å². The van der Waals surface area contributed by atoms with E-state index < -0.39 is 9.05 Å². The summed E-state index contributed by atoms with van der Waals surface area (Å²) in [6.07, 6.45) is 0. The maximum absolute atomic E-state index is 11.4. The van der Waals surface area contributed by atoms with E-state index in [1.165, 1.54) is 0 Å². The minimum absolute atomic E-state index is 0.0244. The summed E-state index contributed by atoms with van der Waals surface area (Å²) in [5.74, 6) is -0.322. The Labute approximate surface area is 131 Å². The van der Waals surface area contributed by atoms with Gasteiger partial charge in [-0.3, -0.25) is 4.79 Å². The van der Waals surface area contributed by atoms with Crippen LogP contribution in [0.25, 0.3) is 0 Å². The van der Waals surface area contributed by atoms with Crippen molar-refractivity contribution in [3.63, 3.8) is 0 Å². The van der Waals surface area contributed by atoms with Gasteiger partial charge in [0.15, 0.2) is 12.4 Å². The summed E-state index contributed by atoms with van der Waals surface area (Å²) < 4.78 is 27.5. The predicted octanol–water partition coefficient (Wildman–Crippen LogP) is 2.82. The number of carbonyl (C=O) groups excluding carboxylic acids is 1. The van der Waals surface area contributed by atoms with E-state index in [1.807, 2.05) is 0 Å². The summed E-state index contributed by atoms with van der Waals surface area (Å²) in [5.41, 5.74) is 0. The summed E-state index contributed by atoms with van der Waals surface area (Å²) in [7, 11) is 1.25. The lowest BCUT2D eigenvalue weighted by molar-refractivity contribution is -0.123. The molecule has 1 aromatic rings. The Hall–Kier alpha value is -0.690. The van der Waals surface area contributed by atoms with Gasteiger partial charge in [0.2, 0.25) is 0 Å². The van der Waals surface area contributed by atoms with E-state index in [1.54, 1.807) is 13.8 Å². The number of amides is 1. The molecule has 0 aliphatic carbocycles. The normalized spacial score (nSPS) is 11.5. The van der Waals surface area contributed by atoms with Crippen LogP contribution in [0.5, 0.6) is 5.75 Å². The van der Waals surface area contributed by atoms with Gasteiger partial charge in [-0.25, -0.2) is 8.42 Å². The second kappa shape index (κ2) is 6.85. The van der Waals surface area contributed by atoms with Crippen molar-refractivity contribution in [2.24, 2.45) is 0 Å². The van der Waals surface area contributed by atoms with Crippen molar-refractivity contribution >= 4 is 48.8 Å². The topological polar surface area (TPSA) is 72.5 Å². The molecule has 1 rings (SSSR count). The van der Waals surface area contributed by atoms with E-state index in [2.05, 4.69) is 5.32 Å². The van der Waals surface area contributed by atoms with Gasteiger partial charge in [0.25, 0.3) is 15.0 Å². The van der Waals surface area contributed by atoms with Crippen LogP contribution in [0, 0.1) is 0 Å². The average molecular weight is 361 g/mol. The molecule has 0 bridgehead atoms. The van der Waals surface area contributed by atoms with Gasteiger partial charge in [0.1, 0.15) is 0 Å². The molecule has 0 aliphatic heterocycles. The van der Waals surface area contributed by atoms with Gasteiger partial charge in [0, 0.05) is 16.7 Å². The van der Waals surface area contributed by atoms with Crippen LogP contribution in [0.3, 0.4) is 0 Å². The first-order valence-corrected chi connectivity index (χ1v) is 8.53. The molecule has 0 saturated carbocycles. The molecule has 0 aromatic heterocycles. The van der Waals surface area contributed by atoms with Crippen LogP contribution in [0.15, 0.2) is 17.0 Å². The van der Waals surface area contributed by atoms with E-state index >= 15 is 0 Å². The quantitative estimate of drug-likeness (QED) is 0.820. The monoisotopic (exact) mass is 359 g/mol. The third-order valence-electron chi connectivity index (χ3n) is 2.05. The molecule has 0 atom stereocenters. The molecule has 1 N–H and O–H groups in total. The number of hydrogen-bond donors (Lipinski definition) is 1. The van der Waals surface area contributed by atoms with Gasteiger partial charge in [-0.15, -0.1) is 0 Å². The van der Waals surface area contributed by atoms with Crippen LogP contribution >= 0.6 is 33.9 Å². The Bertz CT molecular complexity index is 593. The molecule has 0 aliphatic rings. The van der Waals surface area contributed by atoms with Crippen molar-refractivity contribution in [1.29, 1.82) is 0 Å². The average Bonchev–Trinajstić information content (AvgIpc) is 2.25. The highest BCUT2D eigenvalue weighted by Crippen LogP contribution is 2.36. The van der Waals surface area contributed by atoms with Crippen LogP contribution in [0.1, 0.15) is 13.8 Å². The fourth-order valence-electron chi connectivity index (χ4n) is 1.32. The number of benzene rings is 1. The summed E-state index contributed by atoms with van der Waals surface area (Å²) in [5, 5.41) is 2.53. The first-order chi connectivity index (χ1) is 9.11. The SMILES string of the molecule is CC(C)NC(=O)COc1c(Cl)cc(S(=O)(=O)Cl)cc1Cl. The molecule has 0 heterocycles. The summed E-state index contributed by atoms with van der Waals surface area (Å²) in [6, 6.07) is 2.18. The fourth-order valence-corrected chi connectivity index (χ4v) is 2.83. The van der Waals surface area contributed by atoms with Crippen LogP contribution in [0.2, 0.25) is 10.0 Å². The maximum Gasteiger partial charge on any atom is 0.261 e. The number of nitrogens with one attached hydrogen (secondary N) is 1. The van der Waals surface area contributed by atoms with Crippen LogP contribution in [-0.4, -0.2) is 27.0 Å². The predicted molar refractivity (Wildman–Crippen MR) is 78.3 cm³/mol. The number of halogens is 3. The minimum atomic E-state index is -3.94. The molecule has 5 nitrogen and oxygen atoms in total. The molecular formula is C11H12Cl3NO4S. The molecule has 0 spiro atoms. The van der Waals surface area contributed by atoms with Crippen molar-refractivity contribution < 1.29 is 17.9 Å². The zero-order valence-corrected chi connectivity index (χ0v) is 13.7. The lowest BCUT2D eigenvalue weighted by Gasteiger charge is -2.12. The van der Waals surface area contributed by atoms with Crippen LogP contribution < -0.4 is 10.1 Å². The molecule has 0 radical (unpaired) electrons. The Morgan fingerprint density at radius 1 is 1.30 bits per heavy atom. The first-order valence-electron chi connectivity index (χ1n) is 5.47. The zero-order chi connectivity index (χ0) is 15.5. The Morgan fingerprint density at radius 2 is 1.80 bits per heavy atom. The number of hydrogen-bond acceptors (Lipinski definition) is 4. The van der Waals surface area contributed by atoms with Crippen molar-refractivity contribution in [1.82, 2.24) is 5.32 Å². The lowest BCUT2D eigenvalue weighted by Crippen LogP contribution is -2.34. The highest BCUT2D eigenvalue weighted by Gasteiger charge is 2.17. The number of rotatable bonds is 5. The third kappa shape index (κ3) is 5.01. The molecule has 112 valence electrons. The van der Waals surface area contributed by atoms with Gasteiger partial charge < -0.3 is 10.1 Å². The summed E-state index contributed by atoms with van der Waals surface area (Å²) in [6.45, 7) is 3.32. The molecule has 20 heavy (non-hydrogen) atoms. The van der Waals surface area contributed by atoms with Crippen molar-refractivity contribution in [2.45, 2.75) is 24.8 Å². The van der Waals surface area contributed by atoms with E-state index in [0.717, 1.165) is 12.1 Å². The van der Waals surface area contributed by atoms with E-state index in [-0.39, 0.29) is 39.2 Å². The molecular weight excluding hydrogens is 349 g/mol.